The number of nitrogens with one attached hydrogen (secondary N) is 2. The molecule has 2 aliphatic rings. The van der Waals surface area contributed by atoms with Gasteiger partial charge in [0.15, 0.2) is 0 Å². The first-order valence-corrected chi connectivity index (χ1v) is 13.6. The van der Waals surface area contributed by atoms with Crippen LogP contribution in [0.25, 0.3) is 0 Å². The van der Waals surface area contributed by atoms with Crippen molar-refractivity contribution in [3.8, 4) is 0 Å². The molecule has 2 aliphatic heterocycles. The fourth-order valence-corrected chi connectivity index (χ4v) is 5.40. The van der Waals surface area contributed by atoms with Gasteiger partial charge in [0.05, 0.1) is 5.41 Å². The lowest BCUT2D eigenvalue weighted by atomic mass is 9.86. The number of likely N-dealkylation sites (tertiary alicyclic amines) is 1. The molecule has 0 aromatic heterocycles. The Bertz CT molecular complexity index is 1150. The number of hydrogen-bond donors (Lipinski definition) is 3. The Morgan fingerprint density at radius 1 is 1.05 bits per heavy atom. The molecule has 0 radical (unpaired) electrons. The summed E-state index contributed by atoms with van der Waals surface area (Å²) in [4.78, 5) is 43.4. The number of carbonyl (C=O) groups excluding carboxylic acids is 3. The van der Waals surface area contributed by atoms with Crippen molar-refractivity contribution in [3.05, 3.63) is 65.7 Å². The summed E-state index contributed by atoms with van der Waals surface area (Å²) in [6.07, 6.45) is 2.56. The number of fused-ring (bicyclic) bond motifs is 1. The number of anilines is 1. The van der Waals surface area contributed by atoms with Crippen molar-refractivity contribution in [2.24, 2.45) is 5.73 Å². The molecule has 4 rings (SSSR count). The molecule has 4 N–H and O–H groups in total. The van der Waals surface area contributed by atoms with E-state index in [-0.39, 0.29) is 17.9 Å². The second kappa shape index (κ2) is 11.2. The molecule has 204 valence electrons. The quantitative estimate of drug-likeness (QED) is 0.497. The first-order chi connectivity index (χ1) is 18.0. The van der Waals surface area contributed by atoms with E-state index < -0.39 is 23.0 Å². The lowest BCUT2D eigenvalue weighted by Gasteiger charge is -2.38. The summed E-state index contributed by atoms with van der Waals surface area (Å²) < 4.78 is 0. The predicted octanol–water partition coefficient (Wildman–Crippen LogP) is 3.34. The standard InChI is InChI=1S/C30H41N5O3/c1-29(2,31)20-32-28(38)33-24(15-14-21-10-6-5-7-11-21)26(36)34-18-16-22(17-19-34)35-25-13-9-8-12-23(25)30(3,4)27(35)37/h5-13,22,24H,14-20,31H2,1-4H3,(H2,32,33,38). The lowest BCUT2D eigenvalue weighted by Crippen LogP contribution is -2.56. The molecule has 0 aliphatic carbocycles. The van der Waals surface area contributed by atoms with Gasteiger partial charge >= 0.3 is 6.03 Å². The average Bonchev–Trinajstić information content (AvgIpc) is 3.10. The van der Waals surface area contributed by atoms with Crippen LogP contribution in [-0.4, -0.2) is 60.0 Å². The minimum Gasteiger partial charge on any atom is -0.341 e. The van der Waals surface area contributed by atoms with Crippen molar-refractivity contribution >= 4 is 23.5 Å². The minimum atomic E-state index is -0.652. The van der Waals surface area contributed by atoms with Crippen LogP contribution in [0.15, 0.2) is 54.6 Å². The van der Waals surface area contributed by atoms with Gasteiger partial charge in [-0.2, -0.15) is 0 Å². The van der Waals surface area contributed by atoms with Crippen molar-refractivity contribution in [1.82, 2.24) is 15.5 Å². The van der Waals surface area contributed by atoms with E-state index in [1.165, 1.54) is 0 Å². The van der Waals surface area contributed by atoms with E-state index in [0.29, 0.717) is 45.3 Å². The van der Waals surface area contributed by atoms with E-state index in [9.17, 15) is 14.4 Å². The van der Waals surface area contributed by atoms with Gasteiger partial charge < -0.3 is 26.2 Å². The summed E-state index contributed by atoms with van der Waals surface area (Å²) in [7, 11) is 0. The number of nitrogens with two attached hydrogens (primary N) is 1. The Hall–Kier alpha value is -3.39. The summed E-state index contributed by atoms with van der Waals surface area (Å²) in [6.45, 7) is 9.00. The molecular weight excluding hydrogens is 478 g/mol. The van der Waals surface area contributed by atoms with E-state index in [1.54, 1.807) is 0 Å². The van der Waals surface area contributed by atoms with Gasteiger partial charge in [-0.05, 0) is 70.6 Å². The van der Waals surface area contributed by atoms with Crippen LogP contribution in [0.2, 0.25) is 0 Å². The van der Waals surface area contributed by atoms with Crippen LogP contribution in [-0.2, 0) is 21.4 Å². The van der Waals surface area contributed by atoms with Gasteiger partial charge in [0.1, 0.15) is 6.04 Å². The first kappa shape index (κ1) is 27.6. The number of aryl methyl sites for hydroxylation is 1. The maximum atomic E-state index is 13.6. The molecule has 1 fully saturated rings. The maximum Gasteiger partial charge on any atom is 0.315 e. The number of nitrogens with zero attached hydrogens (tertiary/aromatic N) is 2. The second-order valence-electron chi connectivity index (χ2n) is 11.8. The van der Waals surface area contributed by atoms with E-state index in [2.05, 4.69) is 10.6 Å². The zero-order valence-corrected chi connectivity index (χ0v) is 23.0. The van der Waals surface area contributed by atoms with Crippen LogP contribution in [0.5, 0.6) is 0 Å². The Labute approximate surface area is 225 Å². The number of amides is 4. The highest BCUT2D eigenvalue weighted by Gasteiger charge is 2.46. The molecular formula is C30H41N5O3. The summed E-state index contributed by atoms with van der Waals surface area (Å²) in [5.74, 6) is 0.0281. The summed E-state index contributed by atoms with van der Waals surface area (Å²) in [5, 5.41) is 5.68. The van der Waals surface area contributed by atoms with Gasteiger partial charge in [-0.25, -0.2) is 4.79 Å². The number of carbonyl (C=O) groups is 3. The van der Waals surface area contributed by atoms with Crippen LogP contribution in [0.4, 0.5) is 10.5 Å². The summed E-state index contributed by atoms with van der Waals surface area (Å²) >= 11 is 0. The van der Waals surface area contributed by atoms with Crippen LogP contribution in [0, 0.1) is 0 Å². The number of urea groups is 1. The Morgan fingerprint density at radius 3 is 2.34 bits per heavy atom. The number of rotatable bonds is 8. The molecule has 0 spiro atoms. The number of para-hydroxylation sites is 1. The molecule has 2 aromatic rings. The molecule has 0 bridgehead atoms. The fraction of sp³-hybridized carbons (Fsp3) is 0.500. The zero-order chi connectivity index (χ0) is 27.5. The average molecular weight is 520 g/mol. The highest BCUT2D eigenvalue weighted by atomic mass is 16.2. The first-order valence-electron chi connectivity index (χ1n) is 13.6. The second-order valence-corrected chi connectivity index (χ2v) is 11.8. The monoisotopic (exact) mass is 519 g/mol. The smallest absolute Gasteiger partial charge is 0.315 e. The van der Waals surface area contributed by atoms with Crippen LogP contribution in [0.3, 0.4) is 0 Å². The van der Waals surface area contributed by atoms with E-state index in [1.807, 2.05) is 92.1 Å². The summed E-state index contributed by atoms with van der Waals surface area (Å²) in [6, 6.07) is 16.9. The Morgan fingerprint density at radius 2 is 1.68 bits per heavy atom. The molecule has 0 saturated carbocycles. The van der Waals surface area contributed by atoms with Crippen LogP contribution < -0.4 is 21.3 Å². The molecule has 38 heavy (non-hydrogen) atoms. The molecule has 2 aromatic carbocycles. The van der Waals surface area contributed by atoms with E-state index in [0.717, 1.165) is 16.8 Å². The Balaban J connectivity index is 1.41. The van der Waals surface area contributed by atoms with Crippen LogP contribution in [0.1, 0.15) is 58.1 Å². The molecule has 8 nitrogen and oxygen atoms in total. The summed E-state index contributed by atoms with van der Waals surface area (Å²) in [5.41, 5.74) is 8.05. The largest absolute Gasteiger partial charge is 0.341 e. The van der Waals surface area contributed by atoms with Crippen molar-refractivity contribution in [2.75, 3.05) is 24.5 Å². The van der Waals surface area contributed by atoms with Gasteiger partial charge in [0.2, 0.25) is 11.8 Å². The molecule has 1 atom stereocenters. The third-order valence-corrected chi connectivity index (χ3v) is 7.60. The Kier molecular flexibility index (Phi) is 8.11. The molecule has 2 heterocycles. The fourth-order valence-electron chi connectivity index (χ4n) is 5.40. The number of benzene rings is 2. The minimum absolute atomic E-state index is 0.0419. The zero-order valence-electron chi connectivity index (χ0n) is 23.0. The normalized spacial score (nSPS) is 18.2. The highest BCUT2D eigenvalue weighted by Crippen LogP contribution is 2.43. The topological polar surface area (TPSA) is 108 Å². The van der Waals surface area contributed by atoms with Gasteiger partial charge in [0.25, 0.3) is 0 Å². The molecule has 1 unspecified atom stereocenters. The molecule has 8 heteroatoms. The number of piperidine rings is 1. The van der Waals surface area contributed by atoms with Gasteiger partial charge in [-0.3, -0.25) is 9.59 Å². The van der Waals surface area contributed by atoms with Gasteiger partial charge in [0, 0.05) is 36.9 Å². The molecule has 1 saturated heterocycles. The van der Waals surface area contributed by atoms with Crippen molar-refractivity contribution in [3.63, 3.8) is 0 Å². The predicted molar refractivity (Wildman–Crippen MR) is 150 cm³/mol. The van der Waals surface area contributed by atoms with Gasteiger partial charge in [-0.1, -0.05) is 48.5 Å². The van der Waals surface area contributed by atoms with E-state index >= 15 is 0 Å². The van der Waals surface area contributed by atoms with Gasteiger partial charge in [-0.15, -0.1) is 0 Å². The lowest BCUT2D eigenvalue weighted by molar-refractivity contribution is -0.134. The highest BCUT2D eigenvalue weighted by molar-refractivity contribution is 6.08. The van der Waals surface area contributed by atoms with Crippen LogP contribution >= 0.6 is 0 Å². The SMILES string of the molecule is CC(C)(N)CNC(=O)NC(CCc1ccccc1)C(=O)N1CCC(N2C(=O)C(C)(C)c3ccccc32)CC1. The van der Waals surface area contributed by atoms with Crippen molar-refractivity contribution in [2.45, 2.75) is 76.4 Å². The number of hydrogen-bond acceptors (Lipinski definition) is 4. The van der Waals surface area contributed by atoms with E-state index in [4.69, 9.17) is 5.73 Å². The molecule has 4 amide bonds. The third kappa shape index (κ3) is 6.18. The maximum absolute atomic E-state index is 13.6. The third-order valence-electron chi connectivity index (χ3n) is 7.60. The van der Waals surface area contributed by atoms with Crippen molar-refractivity contribution in [1.29, 1.82) is 0 Å². The van der Waals surface area contributed by atoms with Crippen molar-refractivity contribution < 1.29 is 14.4 Å².